The molecule has 1 heterocycles. The molecule has 3 aromatic carbocycles. The first kappa shape index (κ1) is 18.1. The molecule has 0 bridgehead atoms. The van der Waals surface area contributed by atoms with Gasteiger partial charge >= 0.3 is 0 Å². The van der Waals surface area contributed by atoms with E-state index in [-0.39, 0.29) is 0 Å². The van der Waals surface area contributed by atoms with Crippen molar-refractivity contribution in [1.29, 1.82) is 0 Å². The van der Waals surface area contributed by atoms with Crippen molar-refractivity contribution < 1.29 is 9.47 Å². The Morgan fingerprint density at radius 1 is 0.821 bits per heavy atom. The standard InChI is InChI=1S/C24H24N2O2/c1-16-12-20-21(13-17(16)2)26(15-18-8-6-5-7-9-18)24(25-20)19-10-11-22(27-3)23(14-19)28-4/h5-14H,15H2,1-4H3. The van der Waals surface area contributed by atoms with Crippen LogP contribution in [0.5, 0.6) is 11.5 Å². The Kier molecular flexibility index (Phi) is 4.78. The van der Waals surface area contributed by atoms with Crippen molar-refractivity contribution >= 4 is 11.0 Å². The van der Waals surface area contributed by atoms with Gasteiger partial charge in [0.05, 0.1) is 25.3 Å². The zero-order chi connectivity index (χ0) is 19.7. The topological polar surface area (TPSA) is 36.3 Å². The number of hydrogen-bond donors (Lipinski definition) is 0. The molecule has 0 spiro atoms. The Balaban J connectivity index is 1.93. The number of ether oxygens (including phenoxy) is 2. The molecular formula is C24H24N2O2. The van der Waals surface area contributed by atoms with E-state index >= 15 is 0 Å². The minimum absolute atomic E-state index is 0.700. The van der Waals surface area contributed by atoms with Gasteiger partial charge < -0.3 is 14.0 Å². The highest BCUT2D eigenvalue weighted by atomic mass is 16.5. The van der Waals surface area contributed by atoms with Gasteiger partial charge in [0.1, 0.15) is 5.82 Å². The summed E-state index contributed by atoms with van der Waals surface area (Å²) in [5, 5.41) is 0. The highest BCUT2D eigenvalue weighted by Gasteiger charge is 2.16. The fourth-order valence-corrected chi connectivity index (χ4v) is 3.50. The summed E-state index contributed by atoms with van der Waals surface area (Å²) in [6.45, 7) is 5.02. The largest absolute Gasteiger partial charge is 0.493 e. The summed E-state index contributed by atoms with van der Waals surface area (Å²) in [6.07, 6.45) is 0. The lowest BCUT2D eigenvalue weighted by Gasteiger charge is -2.12. The number of hydrogen-bond acceptors (Lipinski definition) is 3. The van der Waals surface area contributed by atoms with E-state index < -0.39 is 0 Å². The highest BCUT2D eigenvalue weighted by molar-refractivity contribution is 5.82. The summed E-state index contributed by atoms with van der Waals surface area (Å²) in [4.78, 5) is 4.98. The lowest BCUT2D eigenvalue weighted by molar-refractivity contribution is 0.355. The number of aromatic nitrogens is 2. The molecule has 4 rings (SSSR count). The van der Waals surface area contributed by atoms with Crippen LogP contribution in [0.15, 0.2) is 60.7 Å². The smallest absolute Gasteiger partial charge is 0.161 e. The van der Waals surface area contributed by atoms with E-state index in [2.05, 4.69) is 54.8 Å². The molecule has 0 aliphatic heterocycles. The molecule has 0 fully saturated rings. The molecule has 0 atom stereocenters. The van der Waals surface area contributed by atoms with Crippen LogP contribution in [0.2, 0.25) is 0 Å². The third kappa shape index (κ3) is 3.22. The molecule has 0 unspecified atom stereocenters. The molecule has 0 radical (unpaired) electrons. The van der Waals surface area contributed by atoms with Gasteiger partial charge in [-0.1, -0.05) is 30.3 Å². The Morgan fingerprint density at radius 3 is 2.25 bits per heavy atom. The van der Waals surface area contributed by atoms with Gasteiger partial charge in [-0.2, -0.15) is 0 Å². The Bertz CT molecular complexity index is 1130. The second-order valence-electron chi connectivity index (χ2n) is 7.00. The normalized spacial score (nSPS) is 11.0. The van der Waals surface area contributed by atoms with Crippen LogP contribution < -0.4 is 9.47 Å². The van der Waals surface area contributed by atoms with Crippen LogP contribution in [0.3, 0.4) is 0 Å². The Morgan fingerprint density at radius 2 is 1.54 bits per heavy atom. The van der Waals surface area contributed by atoms with Crippen molar-refractivity contribution in [3.05, 3.63) is 77.4 Å². The summed E-state index contributed by atoms with van der Waals surface area (Å²) in [5.74, 6) is 2.33. The lowest BCUT2D eigenvalue weighted by atomic mass is 10.1. The minimum atomic E-state index is 0.700. The summed E-state index contributed by atoms with van der Waals surface area (Å²) < 4.78 is 13.2. The zero-order valence-electron chi connectivity index (χ0n) is 16.7. The molecule has 0 saturated heterocycles. The fraction of sp³-hybridized carbons (Fsp3) is 0.208. The average Bonchev–Trinajstić information content (AvgIpc) is 3.05. The second kappa shape index (κ2) is 7.39. The summed E-state index contributed by atoms with van der Waals surface area (Å²) >= 11 is 0. The van der Waals surface area contributed by atoms with E-state index in [1.165, 1.54) is 16.7 Å². The molecule has 4 nitrogen and oxygen atoms in total. The van der Waals surface area contributed by atoms with Crippen LogP contribution in [-0.2, 0) is 6.54 Å². The van der Waals surface area contributed by atoms with E-state index in [1.807, 2.05) is 24.3 Å². The van der Waals surface area contributed by atoms with Crippen LogP contribution >= 0.6 is 0 Å². The van der Waals surface area contributed by atoms with E-state index in [0.29, 0.717) is 11.5 Å². The van der Waals surface area contributed by atoms with Crippen LogP contribution in [0.1, 0.15) is 16.7 Å². The van der Waals surface area contributed by atoms with Gasteiger partial charge in [-0.3, -0.25) is 0 Å². The molecule has 0 N–H and O–H groups in total. The van der Waals surface area contributed by atoms with Gasteiger partial charge in [0, 0.05) is 12.1 Å². The van der Waals surface area contributed by atoms with Crippen molar-refractivity contribution in [2.75, 3.05) is 14.2 Å². The average molecular weight is 372 g/mol. The van der Waals surface area contributed by atoms with Gasteiger partial charge in [0.2, 0.25) is 0 Å². The summed E-state index contributed by atoms with van der Waals surface area (Å²) in [5.41, 5.74) is 6.89. The quantitative estimate of drug-likeness (QED) is 0.471. The van der Waals surface area contributed by atoms with Crippen molar-refractivity contribution in [2.45, 2.75) is 20.4 Å². The molecule has 4 aromatic rings. The first-order valence-corrected chi connectivity index (χ1v) is 9.34. The monoisotopic (exact) mass is 372 g/mol. The van der Waals surface area contributed by atoms with Gasteiger partial charge in [-0.05, 0) is 60.9 Å². The number of rotatable bonds is 5. The van der Waals surface area contributed by atoms with Crippen LogP contribution in [0.4, 0.5) is 0 Å². The maximum Gasteiger partial charge on any atom is 0.161 e. The molecule has 0 amide bonds. The lowest BCUT2D eigenvalue weighted by Crippen LogP contribution is -2.03. The maximum absolute atomic E-state index is 5.51. The van der Waals surface area contributed by atoms with E-state index in [9.17, 15) is 0 Å². The molecule has 4 heteroatoms. The molecule has 1 aromatic heterocycles. The minimum Gasteiger partial charge on any atom is -0.493 e. The summed E-state index contributed by atoms with van der Waals surface area (Å²) in [7, 11) is 3.30. The van der Waals surface area contributed by atoms with Gasteiger partial charge in [-0.15, -0.1) is 0 Å². The fourth-order valence-electron chi connectivity index (χ4n) is 3.50. The maximum atomic E-state index is 5.51. The SMILES string of the molecule is COc1ccc(-c2nc3cc(C)c(C)cc3n2Cc2ccccc2)cc1OC. The molecule has 28 heavy (non-hydrogen) atoms. The van der Waals surface area contributed by atoms with Gasteiger partial charge in [-0.25, -0.2) is 4.98 Å². The Labute approximate surface area is 165 Å². The predicted molar refractivity (Wildman–Crippen MR) is 113 cm³/mol. The van der Waals surface area contributed by atoms with Gasteiger partial charge in [0.15, 0.2) is 11.5 Å². The predicted octanol–water partition coefficient (Wildman–Crippen LogP) is 5.39. The van der Waals surface area contributed by atoms with E-state index in [0.717, 1.165) is 29.0 Å². The summed E-state index contributed by atoms with van der Waals surface area (Å²) in [6, 6.07) is 20.8. The van der Waals surface area contributed by atoms with Crippen LogP contribution in [0, 0.1) is 13.8 Å². The highest BCUT2D eigenvalue weighted by Crippen LogP contribution is 2.34. The van der Waals surface area contributed by atoms with E-state index in [4.69, 9.17) is 14.5 Å². The molecule has 0 aliphatic carbocycles. The van der Waals surface area contributed by atoms with Crippen molar-refractivity contribution in [2.24, 2.45) is 0 Å². The van der Waals surface area contributed by atoms with E-state index in [1.54, 1.807) is 14.2 Å². The van der Waals surface area contributed by atoms with Gasteiger partial charge in [0.25, 0.3) is 0 Å². The first-order valence-electron chi connectivity index (χ1n) is 9.34. The molecule has 142 valence electrons. The van der Waals surface area contributed by atoms with Crippen LogP contribution in [-0.4, -0.2) is 23.8 Å². The third-order valence-corrected chi connectivity index (χ3v) is 5.19. The number of nitrogens with zero attached hydrogens (tertiary/aromatic N) is 2. The van der Waals surface area contributed by atoms with Crippen LogP contribution in [0.25, 0.3) is 22.4 Å². The zero-order valence-corrected chi connectivity index (χ0v) is 16.7. The number of benzene rings is 3. The molecule has 0 saturated carbocycles. The second-order valence-corrected chi connectivity index (χ2v) is 7.00. The molecule has 0 aliphatic rings. The van der Waals surface area contributed by atoms with Crippen molar-refractivity contribution in [3.63, 3.8) is 0 Å². The van der Waals surface area contributed by atoms with Crippen molar-refractivity contribution in [1.82, 2.24) is 9.55 Å². The third-order valence-electron chi connectivity index (χ3n) is 5.19. The first-order chi connectivity index (χ1) is 13.6. The number of methoxy groups -OCH3 is 2. The Hall–Kier alpha value is -3.27. The number of imidazole rings is 1. The molecular weight excluding hydrogens is 348 g/mol. The number of fused-ring (bicyclic) bond motifs is 1. The van der Waals surface area contributed by atoms with Crippen molar-refractivity contribution in [3.8, 4) is 22.9 Å². The number of aryl methyl sites for hydroxylation is 2.